The first kappa shape index (κ1) is 8.07. The van der Waals surface area contributed by atoms with Gasteiger partial charge in [-0.05, 0) is 12.8 Å². The molecule has 66 valence electrons. The highest BCUT2D eigenvalue weighted by Crippen LogP contribution is 2.45. The molecular weight excluding hydrogens is 182 g/mol. The Bertz CT molecular complexity index is 293. The van der Waals surface area contributed by atoms with Gasteiger partial charge in [-0.2, -0.15) is 0 Å². The second kappa shape index (κ2) is 2.47. The highest BCUT2D eigenvalue weighted by Gasteiger charge is 2.42. The van der Waals surface area contributed by atoms with Gasteiger partial charge in [-0.1, -0.05) is 0 Å². The largest absolute Gasteiger partial charge is 0.321 e. The molecule has 0 atom stereocenters. The first-order chi connectivity index (χ1) is 5.62. The van der Waals surface area contributed by atoms with E-state index in [1.165, 1.54) is 6.20 Å². The third-order valence-corrected chi connectivity index (χ3v) is 3.21. The highest BCUT2D eigenvalue weighted by atomic mass is 32.1. The Morgan fingerprint density at radius 3 is 2.67 bits per heavy atom. The van der Waals surface area contributed by atoms with E-state index in [0.29, 0.717) is 0 Å². The monoisotopic (exact) mass is 190 g/mol. The molecule has 0 amide bonds. The van der Waals surface area contributed by atoms with Crippen molar-refractivity contribution in [2.24, 2.45) is 5.73 Å². The molecule has 0 saturated heterocycles. The lowest BCUT2D eigenvalue weighted by Gasteiger charge is -2.01. The van der Waals surface area contributed by atoms with E-state index in [1.807, 2.05) is 0 Å². The number of nitrogens with two attached hydrogens (primary N) is 1. The van der Waals surface area contributed by atoms with Crippen molar-refractivity contribution in [2.75, 3.05) is 0 Å². The van der Waals surface area contributed by atoms with Crippen LogP contribution in [0.25, 0.3) is 0 Å². The molecule has 2 N–H and O–H groups in total. The molecule has 0 unspecified atom stereocenters. The minimum atomic E-state index is -2.47. The molecule has 1 aromatic heterocycles. The summed E-state index contributed by atoms with van der Waals surface area (Å²) < 4.78 is 24.2. The normalized spacial score (nSPS) is 20.0. The third kappa shape index (κ3) is 1.23. The van der Waals surface area contributed by atoms with E-state index in [0.717, 1.165) is 29.1 Å². The molecule has 0 radical (unpaired) electrons. The summed E-state index contributed by atoms with van der Waals surface area (Å²) in [5, 5.41) is -0.123. The van der Waals surface area contributed by atoms with Crippen molar-refractivity contribution >= 4 is 11.3 Å². The number of rotatable bonds is 2. The van der Waals surface area contributed by atoms with Crippen LogP contribution >= 0.6 is 11.3 Å². The Morgan fingerprint density at radius 1 is 1.58 bits per heavy atom. The van der Waals surface area contributed by atoms with E-state index in [9.17, 15) is 8.78 Å². The number of thiazole rings is 1. The van der Waals surface area contributed by atoms with Crippen molar-refractivity contribution in [1.82, 2.24) is 4.98 Å². The molecule has 0 bridgehead atoms. The van der Waals surface area contributed by atoms with Crippen LogP contribution in [-0.2, 0) is 5.54 Å². The van der Waals surface area contributed by atoms with Gasteiger partial charge in [0.2, 0.25) is 0 Å². The standard InChI is InChI=1S/C7H8F2N2S/c8-5(9)6-11-3-4(12-6)7(10)1-2-7/h3,5H,1-2,10H2. The maximum Gasteiger partial charge on any atom is 0.289 e. The highest BCUT2D eigenvalue weighted by molar-refractivity contribution is 7.11. The van der Waals surface area contributed by atoms with Crippen molar-refractivity contribution in [1.29, 1.82) is 0 Å². The van der Waals surface area contributed by atoms with Crippen LogP contribution in [0.4, 0.5) is 8.78 Å². The number of nitrogens with zero attached hydrogens (tertiary/aromatic N) is 1. The summed E-state index contributed by atoms with van der Waals surface area (Å²) in [5.74, 6) is 0. The van der Waals surface area contributed by atoms with Crippen LogP contribution in [0.2, 0.25) is 0 Å². The van der Waals surface area contributed by atoms with Gasteiger partial charge in [-0.25, -0.2) is 13.8 Å². The van der Waals surface area contributed by atoms with Crippen molar-refractivity contribution in [3.8, 4) is 0 Å². The van der Waals surface area contributed by atoms with Gasteiger partial charge in [0.05, 0.1) is 5.54 Å². The predicted molar refractivity (Wildman–Crippen MR) is 42.2 cm³/mol. The second-order valence-electron chi connectivity index (χ2n) is 3.02. The van der Waals surface area contributed by atoms with E-state index in [2.05, 4.69) is 4.98 Å². The van der Waals surface area contributed by atoms with Crippen molar-refractivity contribution in [3.63, 3.8) is 0 Å². The van der Waals surface area contributed by atoms with Gasteiger partial charge < -0.3 is 5.73 Å². The van der Waals surface area contributed by atoms with Crippen LogP contribution < -0.4 is 5.73 Å². The van der Waals surface area contributed by atoms with Gasteiger partial charge >= 0.3 is 0 Å². The fraction of sp³-hybridized carbons (Fsp3) is 0.571. The van der Waals surface area contributed by atoms with Crippen molar-refractivity contribution in [3.05, 3.63) is 16.1 Å². The summed E-state index contributed by atoms with van der Waals surface area (Å²) in [6.07, 6.45) is 0.778. The molecule has 12 heavy (non-hydrogen) atoms. The zero-order valence-electron chi connectivity index (χ0n) is 6.26. The Kier molecular flexibility index (Phi) is 1.66. The summed E-state index contributed by atoms with van der Waals surface area (Å²) in [5.41, 5.74) is 5.48. The van der Waals surface area contributed by atoms with E-state index < -0.39 is 6.43 Å². The van der Waals surface area contributed by atoms with Gasteiger partial charge in [-0.15, -0.1) is 11.3 Å². The fourth-order valence-corrected chi connectivity index (χ4v) is 1.93. The topological polar surface area (TPSA) is 38.9 Å². The molecule has 1 saturated carbocycles. The summed E-state index contributed by atoms with van der Waals surface area (Å²) in [7, 11) is 0. The Balaban J connectivity index is 2.25. The average molecular weight is 190 g/mol. The smallest absolute Gasteiger partial charge is 0.289 e. The molecule has 1 aliphatic rings. The van der Waals surface area contributed by atoms with Gasteiger partial charge in [0.1, 0.15) is 0 Å². The quantitative estimate of drug-likeness (QED) is 0.774. The van der Waals surface area contributed by atoms with E-state index in [4.69, 9.17) is 5.73 Å². The van der Waals surface area contributed by atoms with Crippen molar-refractivity contribution in [2.45, 2.75) is 24.8 Å². The molecular formula is C7H8F2N2S. The molecule has 1 aromatic rings. The van der Waals surface area contributed by atoms with Crippen LogP contribution in [0.3, 0.4) is 0 Å². The van der Waals surface area contributed by atoms with E-state index in [-0.39, 0.29) is 10.5 Å². The lowest BCUT2D eigenvalue weighted by Crippen LogP contribution is -2.16. The fourth-order valence-electron chi connectivity index (χ4n) is 1.000. The van der Waals surface area contributed by atoms with E-state index in [1.54, 1.807) is 0 Å². The predicted octanol–water partition coefficient (Wildman–Crippen LogP) is 2.03. The second-order valence-corrected chi connectivity index (χ2v) is 4.08. The number of halogens is 2. The molecule has 0 spiro atoms. The maximum absolute atomic E-state index is 12.1. The first-order valence-electron chi connectivity index (χ1n) is 3.65. The minimum absolute atomic E-state index is 0.123. The van der Waals surface area contributed by atoms with Crippen LogP contribution in [-0.4, -0.2) is 4.98 Å². The number of hydrogen-bond acceptors (Lipinski definition) is 3. The van der Waals surface area contributed by atoms with Crippen LogP contribution in [0.1, 0.15) is 29.2 Å². The van der Waals surface area contributed by atoms with Gasteiger partial charge in [-0.3, -0.25) is 0 Å². The van der Waals surface area contributed by atoms with Crippen LogP contribution in [0, 0.1) is 0 Å². The lowest BCUT2D eigenvalue weighted by molar-refractivity contribution is 0.151. The van der Waals surface area contributed by atoms with E-state index >= 15 is 0 Å². The molecule has 5 heteroatoms. The zero-order valence-corrected chi connectivity index (χ0v) is 7.07. The number of hydrogen-bond donors (Lipinski definition) is 1. The summed E-state index contributed by atoms with van der Waals surface area (Å²) in [6.45, 7) is 0. The van der Waals surface area contributed by atoms with Crippen LogP contribution in [0.15, 0.2) is 6.20 Å². The molecule has 2 rings (SSSR count). The molecule has 0 aliphatic heterocycles. The molecule has 1 heterocycles. The van der Waals surface area contributed by atoms with Gasteiger partial charge in [0, 0.05) is 11.1 Å². The van der Waals surface area contributed by atoms with Gasteiger partial charge in [0.25, 0.3) is 6.43 Å². The summed E-state index contributed by atoms with van der Waals surface area (Å²) in [6, 6.07) is 0. The average Bonchev–Trinajstić information content (AvgIpc) is 2.61. The molecule has 1 aliphatic carbocycles. The molecule has 1 fully saturated rings. The minimum Gasteiger partial charge on any atom is -0.321 e. The summed E-state index contributed by atoms with van der Waals surface area (Å²) in [4.78, 5) is 4.40. The number of alkyl halides is 2. The lowest BCUT2D eigenvalue weighted by atomic mass is 10.3. The zero-order chi connectivity index (χ0) is 8.77. The maximum atomic E-state index is 12.1. The Morgan fingerprint density at radius 2 is 2.25 bits per heavy atom. The number of aromatic nitrogens is 1. The Labute approximate surface area is 72.4 Å². The first-order valence-corrected chi connectivity index (χ1v) is 4.47. The molecule has 2 nitrogen and oxygen atoms in total. The van der Waals surface area contributed by atoms with Crippen LogP contribution in [0.5, 0.6) is 0 Å². The third-order valence-electron chi connectivity index (χ3n) is 1.99. The van der Waals surface area contributed by atoms with Gasteiger partial charge in [0.15, 0.2) is 5.01 Å². The molecule has 0 aromatic carbocycles. The Hall–Kier alpha value is -0.550. The summed E-state index contributed by atoms with van der Waals surface area (Å²) >= 11 is 1.02. The SMILES string of the molecule is NC1(c2cnc(C(F)F)s2)CC1. The van der Waals surface area contributed by atoms with Crippen molar-refractivity contribution < 1.29 is 8.78 Å².